The first-order valence-electron chi connectivity index (χ1n) is 18.5. The van der Waals surface area contributed by atoms with Gasteiger partial charge in [-0.1, -0.05) is 47.5 Å². The highest BCUT2D eigenvalue weighted by Crippen LogP contribution is 2.38. The standard InChI is InChI=1S/C41H47Cl2N5O4/c1-46-24-33(31-5-3-4-6-32(31)41(46)51)28-21-35(42)34(38(22-28)52-2)25-48-17-12-26(13-18-48)11-16-47-19-14-27(15-20-47)30-8-7-29(23-36(30)43)44-37-9-10-39(49)45-40(37)50/h3-8,21-24,26-27,37,44H,9-20,25H2,1-2H3,(H,45,49,50). The summed E-state index contributed by atoms with van der Waals surface area (Å²) in [5.41, 5.74) is 4.85. The van der Waals surface area contributed by atoms with E-state index in [9.17, 15) is 14.4 Å². The van der Waals surface area contributed by atoms with E-state index >= 15 is 0 Å². The molecule has 3 aromatic carbocycles. The Hall–Kier alpha value is -3.89. The zero-order valence-electron chi connectivity index (χ0n) is 29.9. The van der Waals surface area contributed by atoms with Crippen molar-refractivity contribution in [2.75, 3.05) is 45.2 Å². The molecule has 3 fully saturated rings. The summed E-state index contributed by atoms with van der Waals surface area (Å²) in [5, 5.41) is 8.63. The number of imide groups is 1. The summed E-state index contributed by atoms with van der Waals surface area (Å²) in [7, 11) is 3.48. The van der Waals surface area contributed by atoms with Gasteiger partial charge in [-0.05, 0) is 130 Å². The normalized spacial score (nSPS) is 19.6. The average molecular weight is 745 g/mol. The minimum atomic E-state index is -0.420. The molecule has 0 radical (unpaired) electrons. The molecule has 0 aliphatic carbocycles. The number of anilines is 1. The molecule has 3 saturated heterocycles. The van der Waals surface area contributed by atoms with Crippen molar-refractivity contribution in [1.29, 1.82) is 0 Å². The second kappa shape index (κ2) is 16.0. The molecule has 4 heterocycles. The lowest BCUT2D eigenvalue weighted by molar-refractivity contribution is -0.133. The number of carbonyl (C=O) groups excluding carboxylic acids is 2. The van der Waals surface area contributed by atoms with Crippen molar-refractivity contribution in [2.45, 2.75) is 63.5 Å². The number of ether oxygens (including phenoxy) is 1. The molecule has 4 aromatic rings. The van der Waals surface area contributed by atoms with Crippen LogP contribution >= 0.6 is 23.2 Å². The highest BCUT2D eigenvalue weighted by Gasteiger charge is 2.28. The number of aromatic nitrogens is 1. The Morgan fingerprint density at radius 3 is 2.31 bits per heavy atom. The summed E-state index contributed by atoms with van der Waals surface area (Å²) < 4.78 is 7.51. The first-order chi connectivity index (χ1) is 25.2. The van der Waals surface area contributed by atoms with Gasteiger partial charge in [0, 0.05) is 58.5 Å². The molecule has 1 aromatic heterocycles. The predicted molar refractivity (Wildman–Crippen MR) is 208 cm³/mol. The van der Waals surface area contributed by atoms with Gasteiger partial charge in [-0.3, -0.25) is 24.6 Å². The highest BCUT2D eigenvalue weighted by atomic mass is 35.5. The number of likely N-dealkylation sites (tertiary alicyclic amines) is 2. The molecule has 3 aliphatic heterocycles. The summed E-state index contributed by atoms with van der Waals surface area (Å²) in [6, 6.07) is 17.3. The van der Waals surface area contributed by atoms with E-state index in [-0.39, 0.29) is 17.4 Å². The molecule has 0 saturated carbocycles. The maximum atomic E-state index is 12.7. The first kappa shape index (κ1) is 36.5. The van der Waals surface area contributed by atoms with Gasteiger partial charge in [0.2, 0.25) is 11.8 Å². The molecule has 1 unspecified atom stereocenters. The van der Waals surface area contributed by atoms with Crippen molar-refractivity contribution in [3.63, 3.8) is 0 Å². The monoisotopic (exact) mass is 743 g/mol. The van der Waals surface area contributed by atoms with Crippen LogP contribution in [0.1, 0.15) is 62.0 Å². The average Bonchev–Trinajstić information content (AvgIpc) is 3.15. The number of nitrogens with one attached hydrogen (secondary N) is 2. The van der Waals surface area contributed by atoms with E-state index in [2.05, 4.69) is 26.5 Å². The van der Waals surface area contributed by atoms with Crippen LogP contribution < -0.4 is 20.9 Å². The number of pyridine rings is 1. The van der Waals surface area contributed by atoms with Crippen LogP contribution in [0.5, 0.6) is 5.75 Å². The summed E-state index contributed by atoms with van der Waals surface area (Å²) >= 11 is 13.7. The number of halogens is 2. The molecule has 1 atom stereocenters. The molecule has 2 amide bonds. The van der Waals surface area contributed by atoms with Crippen LogP contribution in [0.25, 0.3) is 21.9 Å². The van der Waals surface area contributed by atoms with Crippen molar-refractivity contribution in [3.8, 4) is 16.9 Å². The van der Waals surface area contributed by atoms with E-state index in [1.54, 1.807) is 18.7 Å². The number of carbonyl (C=O) groups is 2. The number of hydrogen-bond donors (Lipinski definition) is 2. The summed E-state index contributed by atoms with van der Waals surface area (Å²) in [5.74, 6) is 1.41. The van der Waals surface area contributed by atoms with E-state index in [0.29, 0.717) is 35.1 Å². The van der Waals surface area contributed by atoms with E-state index in [4.69, 9.17) is 27.9 Å². The van der Waals surface area contributed by atoms with Gasteiger partial charge in [0.05, 0.1) is 7.11 Å². The van der Waals surface area contributed by atoms with E-state index in [1.165, 1.54) is 24.8 Å². The zero-order chi connectivity index (χ0) is 36.4. The third-order valence-corrected chi connectivity index (χ3v) is 12.0. The SMILES string of the molecule is COc1cc(-c2cn(C)c(=O)c3ccccc23)cc(Cl)c1CN1CCC(CCN2CCC(c3ccc(NC4CCC(=O)NC4=O)cc3Cl)CC2)CC1. The Kier molecular flexibility index (Phi) is 11.2. The van der Waals surface area contributed by atoms with E-state index in [0.717, 1.165) is 90.6 Å². The Morgan fingerprint density at radius 1 is 0.865 bits per heavy atom. The molecule has 7 rings (SSSR count). The maximum Gasteiger partial charge on any atom is 0.258 e. The number of fused-ring (bicyclic) bond motifs is 1. The van der Waals surface area contributed by atoms with Gasteiger partial charge in [0.25, 0.3) is 5.56 Å². The van der Waals surface area contributed by atoms with Crippen molar-refractivity contribution in [1.82, 2.24) is 19.7 Å². The molecule has 0 bridgehead atoms. The topological polar surface area (TPSA) is 95.9 Å². The van der Waals surface area contributed by atoms with Gasteiger partial charge in [0.1, 0.15) is 11.8 Å². The van der Waals surface area contributed by atoms with Gasteiger partial charge in [-0.25, -0.2) is 0 Å². The largest absolute Gasteiger partial charge is 0.496 e. The number of amides is 2. The van der Waals surface area contributed by atoms with Crippen molar-refractivity contribution in [3.05, 3.63) is 92.3 Å². The van der Waals surface area contributed by atoms with Gasteiger partial charge in [-0.15, -0.1) is 0 Å². The smallest absolute Gasteiger partial charge is 0.258 e. The predicted octanol–water partition coefficient (Wildman–Crippen LogP) is 7.22. The number of methoxy groups -OCH3 is 1. The van der Waals surface area contributed by atoms with Crippen LogP contribution in [0.4, 0.5) is 5.69 Å². The summed E-state index contributed by atoms with van der Waals surface area (Å²) in [6.45, 7) is 6.07. The minimum absolute atomic E-state index is 0.0188. The summed E-state index contributed by atoms with van der Waals surface area (Å²) in [6.07, 6.45) is 8.43. The van der Waals surface area contributed by atoms with Crippen LogP contribution in [0.15, 0.2) is 65.6 Å². The number of hydrogen-bond acceptors (Lipinski definition) is 7. The fourth-order valence-corrected chi connectivity index (χ4v) is 8.82. The molecular weight excluding hydrogens is 697 g/mol. The molecule has 2 N–H and O–H groups in total. The number of piperidine rings is 3. The number of aryl methyl sites for hydroxylation is 1. The maximum absolute atomic E-state index is 12.7. The van der Waals surface area contributed by atoms with Crippen LogP contribution in [-0.4, -0.2) is 72.1 Å². The Balaban J connectivity index is 0.883. The van der Waals surface area contributed by atoms with Crippen molar-refractivity contribution >= 4 is 51.5 Å². The molecule has 52 heavy (non-hydrogen) atoms. The number of nitrogens with zero attached hydrogens (tertiary/aromatic N) is 3. The van der Waals surface area contributed by atoms with Crippen LogP contribution in [-0.2, 0) is 23.2 Å². The van der Waals surface area contributed by atoms with Gasteiger partial charge >= 0.3 is 0 Å². The number of benzene rings is 3. The fourth-order valence-electron chi connectivity index (χ4n) is 8.22. The molecular formula is C41H47Cl2N5O4. The third-order valence-electron chi connectivity index (χ3n) is 11.3. The highest BCUT2D eigenvalue weighted by molar-refractivity contribution is 6.32. The molecule has 11 heteroatoms. The molecule has 9 nitrogen and oxygen atoms in total. The summed E-state index contributed by atoms with van der Waals surface area (Å²) in [4.78, 5) is 41.5. The van der Waals surface area contributed by atoms with Gasteiger partial charge < -0.3 is 19.5 Å². The lowest BCUT2D eigenvalue weighted by atomic mass is 9.88. The van der Waals surface area contributed by atoms with Gasteiger partial charge in [-0.2, -0.15) is 0 Å². The molecule has 0 spiro atoms. The fraction of sp³-hybridized carbons (Fsp3) is 0.439. The first-order valence-corrected chi connectivity index (χ1v) is 19.2. The second-order valence-corrected chi connectivity index (χ2v) is 15.5. The van der Waals surface area contributed by atoms with Crippen LogP contribution in [0.3, 0.4) is 0 Å². The molecule has 274 valence electrons. The van der Waals surface area contributed by atoms with Crippen molar-refractivity contribution in [2.24, 2.45) is 13.0 Å². The Labute approximate surface area is 315 Å². The lowest BCUT2D eigenvalue weighted by Gasteiger charge is -2.36. The number of rotatable bonds is 10. The van der Waals surface area contributed by atoms with E-state index in [1.807, 2.05) is 54.7 Å². The quantitative estimate of drug-likeness (QED) is 0.166. The Bertz CT molecular complexity index is 2020. The van der Waals surface area contributed by atoms with Crippen LogP contribution in [0, 0.1) is 5.92 Å². The minimum Gasteiger partial charge on any atom is -0.496 e. The van der Waals surface area contributed by atoms with E-state index < -0.39 is 6.04 Å². The third kappa shape index (κ3) is 8.03. The Morgan fingerprint density at radius 2 is 1.60 bits per heavy atom. The van der Waals surface area contributed by atoms with Crippen LogP contribution in [0.2, 0.25) is 10.0 Å². The zero-order valence-corrected chi connectivity index (χ0v) is 31.4. The lowest BCUT2D eigenvalue weighted by Crippen LogP contribution is -2.47. The molecule has 3 aliphatic rings. The van der Waals surface area contributed by atoms with Gasteiger partial charge in [0.15, 0.2) is 0 Å². The second-order valence-electron chi connectivity index (χ2n) is 14.7. The van der Waals surface area contributed by atoms with Crippen molar-refractivity contribution < 1.29 is 14.3 Å².